The number of aromatic nitrogens is 2. The van der Waals surface area contributed by atoms with Gasteiger partial charge in [-0.05, 0) is 12.3 Å². The molecule has 2 rings (SSSR count). The Bertz CT molecular complexity index is 494. The highest BCUT2D eigenvalue weighted by Gasteiger charge is 2.39. The molecule has 0 aromatic carbocycles. The Morgan fingerprint density at radius 3 is 2.81 bits per heavy atom. The quantitative estimate of drug-likeness (QED) is 0.784. The third kappa shape index (κ3) is 2.05. The van der Waals surface area contributed by atoms with Crippen LogP contribution in [0.5, 0.6) is 0 Å². The number of nitrogens with zero attached hydrogens (tertiary/aromatic N) is 2. The summed E-state index contributed by atoms with van der Waals surface area (Å²) >= 11 is 0. The van der Waals surface area contributed by atoms with Gasteiger partial charge in [0, 0.05) is 19.3 Å². The zero-order valence-electron chi connectivity index (χ0n) is 9.34. The third-order valence-electron chi connectivity index (χ3n) is 2.87. The van der Waals surface area contributed by atoms with E-state index < -0.39 is 10.0 Å². The Morgan fingerprint density at radius 2 is 2.38 bits per heavy atom. The first-order valence-electron chi connectivity index (χ1n) is 5.25. The van der Waals surface area contributed by atoms with E-state index >= 15 is 0 Å². The fourth-order valence-corrected chi connectivity index (χ4v) is 3.22. The van der Waals surface area contributed by atoms with Gasteiger partial charge in [0.05, 0.1) is 0 Å². The molecule has 0 radical (unpaired) electrons. The van der Waals surface area contributed by atoms with Crippen molar-refractivity contribution in [3.8, 4) is 0 Å². The summed E-state index contributed by atoms with van der Waals surface area (Å²) in [5, 5.41) is 3.82. The van der Waals surface area contributed by atoms with Gasteiger partial charge in [0.2, 0.25) is 10.0 Å². The van der Waals surface area contributed by atoms with Gasteiger partial charge in [-0.3, -0.25) is 4.68 Å². The van der Waals surface area contributed by atoms with E-state index in [4.69, 9.17) is 5.73 Å². The SMILES string of the molecule is CCC1CC1NS(=O)(=O)c1cn(C)nc1N. The molecule has 1 aromatic rings. The van der Waals surface area contributed by atoms with E-state index in [0.717, 1.165) is 12.8 Å². The van der Waals surface area contributed by atoms with E-state index in [1.807, 2.05) is 0 Å². The molecule has 1 saturated carbocycles. The Labute approximate surface area is 94.9 Å². The molecule has 0 amide bonds. The lowest BCUT2D eigenvalue weighted by Gasteiger charge is -2.03. The van der Waals surface area contributed by atoms with Gasteiger partial charge >= 0.3 is 0 Å². The largest absolute Gasteiger partial charge is 0.381 e. The van der Waals surface area contributed by atoms with Crippen LogP contribution in [0.25, 0.3) is 0 Å². The highest BCUT2D eigenvalue weighted by molar-refractivity contribution is 7.89. The van der Waals surface area contributed by atoms with Crippen LogP contribution < -0.4 is 10.5 Å². The van der Waals surface area contributed by atoms with E-state index in [-0.39, 0.29) is 16.8 Å². The molecule has 0 saturated heterocycles. The van der Waals surface area contributed by atoms with Crippen LogP contribution in [-0.2, 0) is 17.1 Å². The van der Waals surface area contributed by atoms with Gasteiger partial charge in [0.1, 0.15) is 4.90 Å². The molecule has 0 spiro atoms. The maximum Gasteiger partial charge on any atom is 0.246 e. The number of aryl methyl sites for hydroxylation is 1. The lowest BCUT2D eigenvalue weighted by molar-refractivity contribution is 0.576. The maximum absolute atomic E-state index is 11.9. The molecule has 2 unspecified atom stereocenters. The van der Waals surface area contributed by atoms with Crippen LogP contribution in [-0.4, -0.2) is 24.2 Å². The van der Waals surface area contributed by atoms with E-state index in [2.05, 4.69) is 16.7 Å². The first-order chi connectivity index (χ1) is 7.44. The van der Waals surface area contributed by atoms with Crippen molar-refractivity contribution in [3.63, 3.8) is 0 Å². The second-order valence-corrected chi connectivity index (χ2v) is 5.87. The van der Waals surface area contributed by atoms with Gasteiger partial charge < -0.3 is 5.73 Å². The summed E-state index contributed by atoms with van der Waals surface area (Å²) in [6, 6.07) is 0.0645. The topological polar surface area (TPSA) is 90.0 Å². The van der Waals surface area contributed by atoms with Crippen LogP contribution in [0.4, 0.5) is 5.82 Å². The van der Waals surface area contributed by atoms with Crippen molar-refractivity contribution in [2.45, 2.75) is 30.7 Å². The highest BCUT2D eigenvalue weighted by Crippen LogP contribution is 2.34. The van der Waals surface area contributed by atoms with E-state index in [1.54, 1.807) is 7.05 Å². The molecular weight excluding hydrogens is 228 g/mol. The summed E-state index contributed by atoms with van der Waals surface area (Å²) in [5.74, 6) is 0.511. The Balaban J connectivity index is 2.17. The van der Waals surface area contributed by atoms with Crippen LogP contribution in [0.3, 0.4) is 0 Å². The van der Waals surface area contributed by atoms with Crippen LogP contribution in [0, 0.1) is 5.92 Å². The van der Waals surface area contributed by atoms with Crippen molar-refractivity contribution in [3.05, 3.63) is 6.20 Å². The predicted molar refractivity (Wildman–Crippen MR) is 60.1 cm³/mol. The monoisotopic (exact) mass is 244 g/mol. The lowest BCUT2D eigenvalue weighted by Crippen LogP contribution is -2.27. The molecule has 1 aromatic heterocycles. The first-order valence-corrected chi connectivity index (χ1v) is 6.73. The van der Waals surface area contributed by atoms with Crippen molar-refractivity contribution in [1.29, 1.82) is 0 Å². The summed E-state index contributed by atoms with van der Waals surface area (Å²) < 4.78 is 27.9. The molecule has 3 N–H and O–H groups in total. The molecule has 0 aliphatic heterocycles. The fourth-order valence-electron chi connectivity index (χ4n) is 1.80. The first kappa shape index (κ1) is 11.4. The van der Waals surface area contributed by atoms with E-state index in [0.29, 0.717) is 5.92 Å². The van der Waals surface area contributed by atoms with Gasteiger partial charge in [0.15, 0.2) is 5.82 Å². The lowest BCUT2D eigenvalue weighted by atomic mass is 10.3. The minimum atomic E-state index is -3.51. The molecule has 1 heterocycles. The van der Waals surface area contributed by atoms with Gasteiger partial charge in [-0.15, -0.1) is 0 Å². The molecule has 0 bridgehead atoms. The summed E-state index contributed by atoms with van der Waals surface area (Å²) in [5.41, 5.74) is 5.54. The number of hydrogen-bond acceptors (Lipinski definition) is 4. The zero-order chi connectivity index (χ0) is 11.9. The molecule has 7 heteroatoms. The number of sulfonamides is 1. The molecule has 1 fully saturated rings. The standard InChI is InChI=1S/C9H16N4O2S/c1-3-6-4-7(6)12-16(14,15)8-5-13(2)11-9(8)10/h5-7,12H,3-4H2,1-2H3,(H2,10,11). The van der Waals surface area contributed by atoms with E-state index in [9.17, 15) is 8.42 Å². The normalized spacial score (nSPS) is 24.6. The Morgan fingerprint density at radius 1 is 1.69 bits per heavy atom. The zero-order valence-corrected chi connectivity index (χ0v) is 10.2. The molecule has 16 heavy (non-hydrogen) atoms. The van der Waals surface area contributed by atoms with Crippen molar-refractivity contribution < 1.29 is 8.42 Å². The summed E-state index contributed by atoms with van der Waals surface area (Å²) in [6.07, 6.45) is 3.33. The summed E-state index contributed by atoms with van der Waals surface area (Å²) in [6.45, 7) is 2.05. The van der Waals surface area contributed by atoms with Crippen molar-refractivity contribution >= 4 is 15.8 Å². The van der Waals surface area contributed by atoms with Gasteiger partial charge in [-0.25, -0.2) is 13.1 Å². The Hall–Kier alpha value is -1.08. The molecule has 2 atom stereocenters. The number of anilines is 1. The van der Waals surface area contributed by atoms with Gasteiger partial charge in [-0.2, -0.15) is 5.10 Å². The fraction of sp³-hybridized carbons (Fsp3) is 0.667. The van der Waals surface area contributed by atoms with Crippen molar-refractivity contribution in [2.75, 3.05) is 5.73 Å². The molecular formula is C9H16N4O2S. The number of nitrogens with two attached hydrogens (primary N) is 1. The van der Waals surface area contributed by atoms with Gasteiger partial charge in [0.25, 0.3) is 0 Å². The molecule has 1 aliphatic carbocycles. The average Bonchev–Trinajstić information content (AvgIpc) is 2.82. The predicted octanol–water partition coefficient (Wildman–Crippen LogP) is 0.0791. The van der Waals surface area contributed by atoms with Crippen LogP contribution >= 0.6 is 0 Å². The second kappa shape index (κ2) is 3.74. The number of hydrogen-bond donors (Lipinski definition) is 2. The van der Waals surface area contributed by atoms with Crippen molar-refractivity contribution in [2.24, 2.45) is 13.0 Å². The summed E-state index contributed by atoms with van der Waals surface area (Å²) in [7, 11) is -1.87. The Kier molecular flexibility index (Phi) is 2.67. The highest BCUT2D eigenvalue weighted by atomic mass is 32.2. The third-order valence-corrected chi connectivity index (χ3v) is 4.37. The van der Waals surface area contributed by atoms with Crippen molar-refractivity contribution in [1.82, 2.24) is 14.5 Å². The molecule has 6 nitrogen and oxygen atoms in total. The minimum Gasteiger partial charge on any atom is -0.381 e. The smallest absolute Gasteiger partial charge is 0.246 e. The average molecular weight is 244 g/mol. The van der Waals surface area contributed by atoms with E-state index in [1.165, 1.54) is 10.9 Å². The van der Waals surface area contributed by atoms with Crippen LogP contribution in [0.2, 0.25) is 0 Å². The molecule has 90 valence electrons. The maximum atomic E-state index is 11.9. The number of nitrogens with one attached hydrogen (secondary N) is 1. The second-order valence-electron chi connectivity index (χ2n) is 4.18. The van der Waals surface area contributed by atoms with Crippen LogP contribution in [0.1, 0.15) is 19.8 Å². The van der Waals surface area contributed by atoms with Gasteiger partial charge in [-0.1, -0.05) is 13.3 Å². The summed E-state index contributed by atoms with van der Waals surface area (Å²) in [4.78, 5) is 0.0664. The minimum absolute atomic E-state index is 0.0451. The van der Waals surface area contributed by atoms with Crippen LogP contribution in [0.15, 0.2) is 11.1 Å². The molecule has 1 aliphatic rings. The number of rotatable bonds is 4. The number of nitrogen functional groups attached to an aromatic ring is 1.